The summed E-state index contributed by atoms with van der Waals surface area (Å²) in [6, 6.07) is 9.91. The zero-order valence-corrected chi connectivity index (χ0v) is 21.4. The third-order valence-corrected chi connectivity index (χ3v) is 7.78. The number of likely N-dealkylation sites (tertiary alicyclic amines) is 1. The number of carbonyl (C=O) groups is 1. The van der Waals surface area contributed by atoms with Gasteiger partial charge in [0.15, 0.2) is 0 Å². The quantitative estimate of drug-likeness (QED) is 0.367. The third kappa shape index (κ3) is 3.77. The standard InChI is InChI=1S/C27H26BrF2N3O2/c1-25(2,3)35-24(34)33-14-26(8-9-26)12-22(33)23-31-13-21(32-23)15-4-6-17-18-7-5-16(28)11-20(18)27(29,30)19(17)10-15/h4-7,10-11,13,22H,8-9,12,14H2,1-3H3,(H,31,32). The second kappa shape index (κ2) is 7.38. The SMILES string of the molecule is CC(C)(C)OC(=O)N1CC2(CC2)CC1c1ncc(-c2ccc3c(c2)C(F)(F)c2cc(Br)ccc2-3)[nH]1. The first-order chi connectivity index (χ1) is 16.5. The molecule has 1 spiro atoms. The molecule has 5 nitrogen and oxygen atoms in total. The van der Waals surface area contributed by atoms with Gasteiger partial charge in [0, 0.05) is 27.7 Å². The Balaban J connectivity index is 1.32. The van der Waals surface area contributed by atoms with Crippen LogP contribution in [0.4, 0.5) is 13.6 Å². The highest BCUT2D eigenvalue weighted by molar-refractivity contribution is 9.10. The molecule has 0 radical (unpaired) electrons. The summed E-state index contributed by atoms with van der Waals surface area (Å²) in [6.45, 7) is 6.22. The number of rotatable bonds is 2. The van der Waals surface area contributed by atoms with Crippen molar-refractivity contribution in [2.75, 3.05) is 6.54 Å². The Labute approximate surface area is 211 Å². The van der Waals surface area contributed by atoms with Gasteiger partial charge in [0.05, 0.1) is 17.9 Å². The third-order valence-electron chi connectivity index (χ3n) is 7.28. The van der Waals surface area contributed by atoms with E-state index in [0.717, 1.165) is 19.3 Å². The monoisotopic (exact) mass is 541 g/mol. The molecule has 8 heteroatoms. The first kappa shape index (κ1) is 22.7. The van der Waals surface area contributed by atoms with Crippen LogP contribution in [0.5, 0.6) is 0 Å². The minimum Gasteiger partial charge on any atom is -0.444 e. The lowest BCUT2D eigenvalue weighted by molar-refractivity contribution is 0.0212. The van der Waals surface area contributed by atoms with Gasteiger partial charge in [-0.1, -0.05) is 34.1 Å². The van der Waals surface area contributed by atoms with Crippen molar-refractivity contribution in [3.8, 4) is 22.4 Å². The highest BCUT2D eigenvalue weighted by Crippen LogP contribution is 2.58. The molecule has 35 heavy (non-hydrogen) atoms. The molecule has 3 aromatic rings. The van der Waals surface area contributed by atoms with Crippen LogP contribution in [0, 0.1) is 5.41 Å². The van der Waals surface area contributed by atoms with Gasteiger partial charge in [0.25, 0.3) is 5.92 Å². The molecule has 1 aliphatic heterocycles. The Kier molecular flexibility index (Phi) is 4.79. The first-order valence-corrected chi connectivity index (χ1v) is 12.6. The lowest BCUT2D eigenvalue weighted by atomic mass is 10.0. The Hall–Kier alpha value is -2.74. The number of hydrogen-bond acceptors (Lipinski definition) is 3. The smallest absolute Gasteiger partial charge is 0.410 e. The van der Waals surface area contributed by atoms with Crippen molar-refractivity contribution in [1.82, 2.24) is 14.9 Å². The number of halogens is 3. The number of ether oxygens (including phenoxy) is 1. The predicted molar refractivity (Wildman–Crippen MR) is 132 cm³/mol. The lowest BCUT2D eigenvalue weighted by Gasteiger charge is -2.27. The van der Waals surface area contributed by atoms with Crippen LogP contribution in [-0.4, -0.2) is 33.1 Å². The minimum absolute atomic E-state index is 0.00701. The first-order valence-electron chi connectivity index (χ1n) is 11.8. The molecule has 1 N–H and O–H groups in total. The fourth-order valence-corrected chi connectivity index (χ4v) is 5.73. The van der Waals surface area contributed by atoms with Gasteiger partial charge in [0.1, 0.15) is 11.4 Å². The number of imidazole rings is 1. The van der Waals surface area contributed by atoms with E-state index in [9.17, 15) is 4.79 Å². The van der Waals surface area contributed by atoms with E-state index in [0.29, 0.717) is 39.2 Å². The number of nitrogens with one attached hydrogen (secondary N) is 1. The van der Waals surface area contributed by atoms with E-state index in [2.05, 4.69) is 25.9 Å². The summed E-state index contributed by atoms with van der Waals surface area (Å²) in [6.07, 6.45) is 4.33. The molecule has 2 aromatic carbocycles. The Morgan fingerprint density at radius 3 is 2.51 bits per heavy atom. The van der Waals surface area contributed by atoms with Crippen LogP contribution in [0.15, 0.2) is 47.1 Å². The number of hydrogen-bond donors (Lipinski definition) is 1. The van der Waals surface area contributed by atoms with Crippen LogP contribution in [0.1, 0.15) is 63.0 Å². The predicted octanol–water partition coefficient (Wildman–Crippen LogP) is 7.42. The Bertz CT molecular complexity index is 1360. The maximum absolute atomic E-state index is 15.3. The van der Waals surface area contributed by atoms with Crippen molar-refractivity contribution < 1.29 is 18.3 Å². The van der Waals surface area contributed by atoms with E-state index in [-0.39, 0.29) is 28.7 Å². The zero-order valence-electron chi connectivity index (χ0n) is 19.8. The fraction of sp³-hybridized carbons (Fsp3) is 0.407. The number of fused-ring (bicyclic) bond motifs is 3. The molecular weight excluding hydrogens is 516 g/mol. The van der Waals surface area contributed by atoms with E-state index < -0.39 is 11.5 Å². The summed E-state index contributed by atoms with van der Waals surface area (Å²) in [5.41, 5.74) is 1.95. The number of carbonyl (C=O) groups excluding carboxylic acids is 1. The number of aromatic amines is 1. The molecule has 1 saturated heterocycles. The average molecular weight is 542 g/mol. The minimum atomic E-state index is -3.08. The van der Waals surface area contributed by atoms with E-state index in [1.165, 1.54) is 6.07 Å². The van der Waals surface area contributed by atoms with Gasteiger partial charge in [-0.05, 0) is 74.8 Å². The summed E-state index contributed by atoms with van der Waals surface area (Å²) in [4.78, 5) is 22.6. The second-order valence-electron chi connectivity index (χ2n) is 11.0. The van der Waals surface area contributed by atoms with Crippen molar-refractivity contribution in [3.05, 3.63) is 64.0 Å². The molecule has 1 saturated carbocycles. The summed E-state index contributed by atoms with van der Waals surface area (Å²) < 4.78 is 36.9. The molecule has 0 bridgehead atoms. The van der Waals surface area contributed by atoms with Crippen molar-refractivity contribution in [1.29, 1.82) is 0 Å². The van der Waals surface area contributed by atoms with E-state index in [1.54, 1.807) is 35.4 Å². The average Bonchev–Trinajstić information content (AvgIpc) is 3.12. The molecule has 1 unspecified atom stereocenters. The Morgan fingerprint density at radius 2 is 1.83 bits per heavy atom. The highest BCUT2D eigenvalue weighted by atomic mass is 79.9. The normalized spacial score (nSPS) is 21.2. The molecule has 1 atom stereocenters. The molecule has 1 amide bonds. The summed E-state index contributed by atoms with van der Waals surface area (Å²) in [5, 5.41) is 0. The van der Waals surface area contributed by atoms with Crippen LogP contribution >= 0.6 is 15.9 Å². The van der Waals surface area contributed by atoms with Crippen LogP contribution < -0.4 is 0 Å². The van der Waals surface area contributed by atoms with Gasteiger partial charge in [-0.25, -0.2) is 9.78 Å². The van der Waals surface area contributed by atoms with Gasteiger partial charge in [0.2, 0.25) is 0 Å². The molecule has 2 fully saturated rings. The van der Waals surface area contributed by atoms with E-state index in [4.69, 9.17) is 4.74 Å². The number of H-pyrrole nitrogens is 1. The number of nitrogens with zero attached hydrogens (tertiary/aromatic N) is 2. The summed E-state index contributed by atoms with van der Waals surface area (Å²) in [7, 11) is 0. The lowest BCUT2D eigenvalue weighted by Crippen LogP contribution is -2.37. The highest BCUT2D eigenvalue weighted by Gasteiger charge is 2.55. The van der Waals surface area contributed by atoms with Crippen molar-refractivity contribution in [2.24, 2.45) is 5.41 Å². The summed E-state index contributed by atoms with van der Waals surface area (Å²) >= 11 is 3.31. The zero-order chi connectivity index (χ0) is 24.8. The van der Waals surface area contributed by atoms with Gasteiger partial charge in [-0.3, -0.25) is 4.90 Å². The molecule has 6 rings (SSSR count). The number of alkyl halides is 2. The van der Waals surface area contributed by atoms with Crippen LogP contribution in [0.3, 0.4) is 0 Å². The van der Waals surface area contributed by atoms with Gasteiger partial charge in [-0.15, -0.1) is 0 Å². The molecule has 1 aromatic heterocycles. The fourth-order valence-electron chi connectivity index (χ4n) is 5.37. The molecule has 3 aliphatic rings. The number of amides is 1. The van der Waals surface area contributed by atoms with Crippen LogP contribution in [-0.2, 0) is 10.7 Å². The molecule has 2 aliphatic carbocycles. The van der Waals surface area contributed by atoms with Crippen molar-refractivity contribution in [3.63, 3.8) is 0 Å². The van der Waals surface area contributed by atoms with Gasteiger partial charge >= 0.3 is 6.09 Å². The van der Waals surface area contributed by atoms with Gasteiger partial charge in [-0.2, -0.15) is 8.78 Å². The van der Waals surface area contributed by atoms with Gasteiger partial charge < -0.3 is 9.72 Å². The molecular formula is C27H26BrF2N3O2. The van der Waals surface area contributed by atoms with E-state index >= 15 is 8.78 Å². The molecule has 182 valence electrons. The number of aromatic nitrogens is 2. The van der Waals surface area contributed by atoms with Crippen LogP contribution in [0.25, 0.3) is 22.4 Å². The topological polar surface area (TPSA) is 58.2 Å². The molecule has 2 heterocycles. The van der Waals surface area contributed by atoms with Crippen molar-refractivity contribution in [2.45, 2.75) is 57.6 Å². The second-order valence-corrected chi connectivity index (χ2v) is 12.0. The Morgan fingerprint density at radius 1 is 1.14 bits per heavy atom. The van der Waals surface area contributed by atoms with E-state index in [1.807, 2.05) is 26.8 Å². The largest absolute Gasteiger partial charge is 0.444 e. The maximum atomic E-state index is 15.3. The van der Waals surface area contributed by atoms with Crippen molar-refractivity contribution >= 4 is 22.0 Å². The summed E-state index contributed by atoms with van der Waals surface area (Å²) in [5.74, 6) is -2.42. The maximum Gasteiger partial charge on any atom is 0.410 e. The van der Waals surface area contributed by atoms with Crippen LogP contribution in [0.2, 0.25) is 0 Å². The number of benzene rings is 2.